The molecule has 1 heterocycles. The largest absolute Gasteiger partial charge is 0.496 e. The molecule has 1 aliphatic heterocycles. The first-order valence-corrected chi connectivity index (χ1v) is 7.37. The molecule has 5 nitrogen and oxygen atoms in total. The normalized spacial score (nSPS) is 16.4. The van der Waals surface area contributed by atoms with E-state index < -0.39 is 16.4 Å². The van der Waals surface area contributed by atoms with Crippen LogP contribution in [0.4, 0.5) is 10.1 Å². The summed E-state index contributed by atoms with van der Waals surface area (Å²) in [5.41, 5.74) is 2.09. The van der Waals surface area contributed by atoms with Gasteiger partial charge in [0, 0.05) is 16.5 Å². The molecular formula is C15H13FN2O3S. The molecule has 2 aromatic carbocycles. The van der Waals surface area contributed by atoms with E-state index in [0.29, 0.717) is 16.2 Å². The number of halogens is 1. The number of methoxy groups -OCH3 is 1. The van der Waals surface area contributed by atoms with E-state index in [2.05, 4.69) is 4.72 Å². The van der Waals surface area contributed by atoms with Crippen LogP contribution in [0.5, 0.6) is 5.75 Å². The minimum atomic E-state index is -0.824. The number of nitrogens with zero attached hydrogens (tertiary/aromatic N) is 1. The molecule has 3 rings (SSSR count). The van der Waals surface area contributed by atoms with Gasteiger partial charge in [-0.05, 0) is 36.6 Å². The minimum absolute atomic E-state index is 0.283. The Kier molecular flexibility index (Phi) is 3.76. The van der Waals surface area contributed by atoms with E-state index in [1.165, 1.54) is 24.1 Å². The van der Waals surface area contributed by atoms with Crippen LogP contribution in [-0.4, -0.2) is 12.0 Å². The Hall–Kier alpha value is -2.12. The van der Waals surface area contributed by atoms with Crippen LogP contribution >= 0.6 is 11.9 Å². The van der Waals surface area contributed by atoms with Crippen molar-refractivity contribution in [3.8, 4) is 5.75 Å². The fourth-order valence-corrected chi connectivity index (χ4v) is 3.47. The number of rotatable bonds is 3. The van der Waals surface area contributed by atoms with Crippen LogP contribution in [0.25, 0.3) is 0 Å². The van der Waals surface area contributed by atoms with E-state index in [9.17, 15) is 14.5 Å². The molecular weight excluding hydrogens is 307 g/mol. The molecule has 1 N–H and O–H groups in total. The summed E-state index contributed by atoms with van der Waals surface area (Å²) in [6.45, 7) is 1.96. The van der Waals surface area contributed by atoms with Crippen molar-refractivity contribution in [2.24, 2.45) is 0 Å². The second kappa shape index (κ2) is 5.58. The molecule has 2 aromatic rings. The zero-order valence-corrected chi connectivity index (χ0v) is 12.7. The second-order valence-corrected chi connectivity index (χ2v) is 5.88. The molecule has 0 aromatic heterocycles. The quantitative estimate of drug-likeness (QED) is 0.530. The van der Waals surface area contributed by atoms with E-state index >= 15 is 0 Å². The highest BCUT2D eigenvalue weighted by Gasteiger charge is 2.31. The van der Waals surface area contributed by atoms with Gasteiger partial charge in [0.25, 0.3) is 0 Å². The maximum atomic E-state index is 13.7. The summed E-state index contributed by atoms with van der Waals surface area (Å²) in [7, 11) is 1.57. The van der Waals surface area contributed by atoms with E-state index in [1.807, 2.05) is 25.1 Å². The Bertz CT molecular complexity index is 767. The summed E-state index contributed by atoms with van der Waals surface area (Å²) < 4.78 is 22.3. The van der Waals surface area contributed by atoms with Crippen LogP contribution < -0.4 is 9.46 Å². The van der Waals surface area contributed by atoms with Crippen LogP contribution in [0.3, 0.4) is 0 Å². The Morgan fingerprint density at radius 2 is 2.09 bits per heavy atom. The van der Waals surface area contributed by atoms with Gasteiger partial charge in [-0.2, -0.15) is 4.39 Å². The highest BCUT2D eigenvalue weighted by atomic mass is 32.2. The number of nitro benzene ring substituents is 1. The zero-order chi connectivity index (χ0) is 15.9. The molecule has 114 valence electrons. The van der Waals surface area contributed by atoms with E-state index in [-0.39, 0.29) is 6.04 Å². The van der Waals surface area contributed by atoms with Gasteiger partial charge in [-0.15, -0.1) is 0 Å². The fourth-order valence-electron chi connectivity index (χ4n) is 2.51. The van der Waals surface area contributed by atoms with Crippen LogP contribution in [0.15, 0.2) is 35.2 Å². The molecule has 0 radical (unpaired) electrons. The molecule has 7 heteroatoms. The zero-order valence-electron chi connectivity index (χ0n) is 11.9. The van der Waals surface area contributed by atoms with Crippen molar-refractivity contribution >= 4 is 17.6 Å². The third kappa shape index (κ3) is 2.42. The molecule has 0 bridgehead atoms. The molecule has 0 saturated heterocycles. The van der Waals surface area contributed by atoms with Gasteiger partial charge < -0.3 is 4.74 Å². The standard InChI is InChI=1S/C15H13FN2O3S/c1-8-3-4-13(21-2)9(5-8)15-10-6-12(18(19)20)11(16)7-14(10)22-17-15/h3-7,15,17H,1-2H3. The topological polar surface area (TPSA) is 64.4 Å². The molecule has 1 aliphatic rings. The van der Waals surface area contributed by atoms with Crippen molar-refractivity contribution in [3.05, 3.63) is 63.0 Å². The first-order valence-electron chi connectivity index (χ1n) is 6.56. The molecule has 1 atom stereocenters. The maximum Gasteiger partial charge on any atom is 0.305 e. The molecule has 0 fully saturated rings. The van der Waals surface area contributed by atoms with Gasteiger partial charge in [-0.3, -0.25) is 10.1 Å². The van der Waals surface area contributed by atoms with Crippen molar-refractivity contribution in [3.63, 3.8) is 0 Å². The lowest BCUT2D eigenvalue weighted by Gasteiger charge is -2.16. The Balaban J connectivity index is 2.13. The lowest BCUT2D eigenvalue weighted by molar-refractivity contribution is -0.387. The van der Waals surface area contributed by atoms with Crippen molar-refractivity contribution in [2.45, 2.75) is 17.9 Å². The summed E-state index contributed by atoms with van der Waals surface area (Å²) in [5, 5.41) is 11.0. The molecule has 0 aliphatic carbocycles. The number of nitro groups is 1. The fraction of sp³-hybridized carbons (Fsp3) is 0.200. The van der Waals surface area contributed by atoms with Crippen molar-refractivity contribution in [1.82, 2.24) is 4.72 Å². The van der Waals surface area contributed by atoms with E-state index in [0.717, 1.165) is 11.1 Å². The Labute approximate surface area is 130 Å². The smallest absolute Gasteiger partial charge is 0.305 e. The van der Waals surface area contributed by atoms with Gasteiger partial charge in [0.15, 0.2) is 0 Å². The average molecular weight is 320 g/mol. The predicted molar refractivity (Wildman–Crippen MR) is 81.6 cm³/mol. The number of fused-ring (bicyclic) bond motifs is 1. The van der Waals surface area contributed by atoms with Gasteiger partial charge in [0.05, 0.1) is 18.1 Å². The van der Waals surface area contributed by atoms with Gasteiger partial charge in [-0.25, -0.2) is 4.72 Å². The molecule has 1 unspecified atom stereocenters. The first-order chi connectivity index (χ1) is 10.5. The highest BCUT2D eigenvalue weighted by molar-refractivity contribution is 7.97. The van der Waals surface area contributed by atoms with E-state index in [4.69, 9.17) is 4.74 Å². The molecule has 0 spiro atoms. The minimum Gasteiger partial charge on any atom is -0.496 e. The van der Waals surface area contributed by atoms with Crippen molar-refractivity contribution in [1.29, 1.82) is 0 Å². The van der Waals surface area contributed by atoms with Crippen LogP contribution in [0.1, 0.15) is 22.7 Å². The average Bonchev–Trinajstić information content (AvgIpc) is 2.88. The van der Waals surface area contributed by atoms with Gasteiger partial charge in [-0.1, -0.05) is 17.7 Å². The van der Waals surface area contributed by atoms with Crippen LogP contribution in [-0.2, 0) is 0 Å². The van der Waals surface area contributed by atoms with Crippen molar-refractivity contribution < 1.29 is 14.1 Å². The van der Waals surface area contributed by atoms with Crippen molar-refractivity contribution in [2.75, 3.05) is 7.11 Å². The summed E-state index contributed by atoms with van der Waals surface area (Å²) in [4.78, 5) is 10.9. The maximum absolute atomic E-state index is 13.7. The molecule has 0 saturated carbocycles. The number of aryl methyl sites for hydroxylation is 1. The van der Waals surface area contributed by atoms with Gasteiger partial charge in [0.1, 0.15) is 5.75 Å². The van der Waals surface area contributed by atoms with Gasteiger partial charge >= 0.3 is 5.69 Å². The summed E-state index contributed by atoms with van der Waals surface area (Å²) in [6, 6.07) is 7.96. The molecule has 0 amide bonds. The third-order valence-corrected chi connectivity index (χ3v) is 4.50. The lowest BCUT2D eigenvalue weighted by atomic mass is 9.96. The Morgan fingerprint density at radius 3 is 2.77 bits per heavy atom. The third-order valence-electron chi connectivity index (χ3n) is 3.57. The SMILES string of the molecule is COc1ccc(C)cc1C1NSc2cc(F)c([N+](=O)[O-])cc21. The summed E-state index contributed by atoms with van der Waals surface area (Å²) in [5.74, 6) is -0.140. The molecule has 22 heavy (non-hydrogen) atoms. The first kappa shape index (κ1) is 14.8. The highest BCUT2D eigenvalue weighted by Crippen LogP contribution is 2.44. The Morgan fingerprint density at radius 1 is 1.32 bits per heavy atom. The summed E-state index contributed by atoms with van der Waals surface area (Å²) >= 11 is 1.26. The number of hydrogen-bond acceptors (Lipinski definition) is 5. The van der Waals surface area contributed by atoms with Crippen LogP contribution in [0.2, 0.25) is 0 Å². The lowest BCUT2D eigenvalue weighted by Crippen LogP contribution is -2.11. The van der Waals surface area contributed by atoms with Gasteiger partial charge in [0.2, 0.25) is 5.82 Å². The predicted octanol–water partition coefficient (Wildman–Crippen LogP) is 3.75. The van der Waals surface area contributed by atoms with Crippen LogP contribution in [0, 0.1) is 22.9 Å². The number of hydrogen-bond donors (Lipinski definition) is 1. The summed E-state index contributed by atoms with van der Waals surface area (Å²) in [6.07, 6.45) is 0. The number of benzene rings is 2. The monoisotopic (exact) mass is 320 g/mol. The number of nitrogens with one attached hydrogen (secondary N) is 1. The number of ether oxygens (including phenoxy) is 1. The van der Waals surface area contributed by atoms with E-state index in [1.54, 1.807) is 7.11 Å². The second-order valence-electron chi connectivity index (χ2n) is 5.00.